The Balaban J connectivity index is 1.82. The fraction of sp³-hybridized carbons (Fsp3) is 0.812. The zero-order chi connectivity index (χ0) is 14.3. The smallest absolute Gasteiger partial charge is 0.309 e. The number of carboxylic acid groups (broad SMARTS) is 1. The Kier molecular flexibility index (Phi) is 3.63. The lowest BCUT2D eigenvalue weighted by molar-refractivity contribution is -0.146. The summed E-state index contributed by atoms with van der Waals surface area (Å²) in [5.41, 5.74) is 1.71. The summed E-state index contributed by atoms with van der Waals surface area (Å²) in [5, 5.41) is 9.47. The highest BCUT2D eigenvalue weighted by atomic mass is 16.6. The second-order valence-electron chi connectivity index (χ2n) is 6.86. The van der Waals surface area contributed by atoms with E-state index in [-0.39, 0.29) is 30.1 Å². The third-order valence-corrected chi connectivity index (χ3v) is 5.39. The molecule has 0 unspecified atom stereocenters. The summed E-state index contributed by atoms with van der Waals surface area (Å²) >= 11 is 0. The first kappa shape index (κ1) is 14.1. The van der Waals surface area contributed by atoms with Crippen molar-refractivity contribution in [1.29, 1.82) is 0 Å². The van der Waals surface area contributed by atoms with Gasteiger partial charge < -0.3 is 14.6 Å². The molecule has 0 radical (unpaired) electrons. The van der Waals surface area contributed by atoms with E-state index in [1.165, 1.54) is 5.57 Å². The van der Waals surface area contributed by atoms with Gasteiger partial charge in [-0.3, -0.25) is 4.79 Å². The Bertz CT molecular complexity index is 430. The maximum atomic E-state index is 11.5. The van der Waals surface area contributed by atoms with Crippen molar-refractivity contribution in [2.45, 2.75) is 51.2 Å². The molecule has 20 heavy (non-hydrogen) atoms. The average Bonchev–Trinajstić information content (AvgIpc) is 3.17. The summed E-state index contributed by atoms with van der Waals surface area (Å²) in [6.45, 7) is 2.58. The van der Waals surface area contributed by atoms with Gasteiger partial charge in [0.05, 0.1) is 24.7 Å². The van der Waals surface area contributed by atoms with Gasteiger partial charge in [-0.05, 0) is 32.1 Å². The fourth-order valence-electron chi connectivity index (χ4n) is 4.23. The number of epoxide rings is 1. The molecule has 5 atom stereocenters. The molecule has 1 heterocycles. The first-order chi connectivity index (χ1) is 9.55. The van der Waals surface area contributed by atoms with Crippen LogP contribution in [0.5, 0.6) is 0 Å². The van der Waals surface area contributed by atoms with Crippen LogP contribution in [0.2, 0.25) is 0 Å². The predicted octanol–water partition coefficient (Wildman–Crippen LogP) is 2.63. The van der Waals surface area contributed by atoms with Gasteiger partial charge in [-0.1, -0.05) is 18.6 Å². The first-order valence-electron chi connectivity index (χ1n) is 7.60. The molecule has 0 spiro atoms. The zero-order valence-electron chi connectivity index (χ0n) is 12.3. The molecule has 1 aliphatic heterocycles. The highest BCUT2D eigenvalue weighted by Gasteiger charge is 2.58. The van der Waals surface area contributed by atoms with Crippen LogP contribution in [0.4, 0.5) is 0 Å². The summed E-state index contributed by atoms with van der Waals surface area (Å²) in [5.74, 6) is -1.12. The van der Waals surface area contributed by atoms with Gasteiger partial charge in [-0.15, -0.1) is 0 Å². The highest BCUT2D eigenvalue weighted by Crippen LogP contribution is 2.54. The molecule has 0 amide bonds. The molecule has 2 aliphatic carbocycles. The minimum atomic E-state index is -0.754. The van der Waals surface area contributed by atoms with Gasteiger partial charge in [-0.25, -0.2) is 0 Å². The normalized spacial score (nSPS) is 40.9. The SMILES string of the molecule is COC[C@H](C(=O)O)[C@@H]1CCC2=CCC[C@](C)(C2)[C@@H]2O[C@H]12. The maximum Gasteiger partial charge on any atom is 0.309 e. The molecule has 4 heteroatoms. The van der Waals surface area contributed by atoms with Crippen molar-refractivity contribution in [3.63, 3.8) is 0 Å². The van der Waals surface area contributed by atoms with E-state index in [1.54, 1.807) is 7.11 Å². The molecule has 3 rings (SSSR count). The van der Waals surface area contributed by atoms with E-state index in [0.29, 0.717) is 0 Å². The van der Waals surface area contributed by atoms with E-state index < -0.39 is 11.9 Å². The second-order valence-corrected chi connectivity index (χ2v) is 6.86. The number of ether oxygens (including phenoxy) is 2. The Hall–Kier alpha value is -0.870. The van der Waals surface area contributed by atoms with E-state index in [9.17, 15) is 9.90 Å². The van der Waals surface area contributed by atoms with Crippen LogP contribution in [-0.4, -0.2) is 37.0 Å². The Morgan fingerprint density at radius 3 is 3.15 bits per heavy atom. The monoisotopic (exact) mass is 280 g/mol. The summed E-state index contributed by atoms with van der Waals surface area (Å²) in [6, 6.07) is 0. The summed E-state index contributed by atoms with van der Waals surface area (Å²) in [4.78, 5) is 11.5. The standard InChI is InChI=1S/C16H24O4/c1-16-7-3-4-10(8-16)5-6-11(13-14(16)20-13)12(9-19-2)15(17)18/h4,11-14H,3,5-9H2,1-2H3,(H,17,18)/t11-,12-,13+,14+,16+/m0/s1. The largest absolute Gasteiger partial charge is 0.481 e. The van der Waals surface area contributed by atoms with Crippen LogP contribution in [0.25, 0.3) is 0 Å². The number of fused-ring (bicyclic) bond motifs is 4. The third kappa shape index (κ3) is 2.40. The molecule has 3 aliphatic rings. The van der Waals surface area contributed by atoms with Crippen LogP contribution in [0.3, 0.4) is 0 Å². The number of aliphatic carboxylic acids is 1. The van der Waals surface area contributed by atoms with Crippen LogP contribution in [0.15, 0.2) is 11.6 Å². The lowest BCUT2D eigenvalue weighted by atomic mass is 9.67. The number of hydrogen-bond acceptors (Lipinski definition) is 3. The molecular formula is C16H24O4. The van der Waals surface area contributed by atoms with Crippen molar-refractivity contribution in [3.8, 4) is 0 Å². The zero-order valence-corrected chi connectivity index (χ0v) is 12.3. The van der Waals surface area contributed by atoms with E-state index >= 15 is 0 Å². The van der Waals surface area contributed by atoms with Gasteiger partial charge in [0.15, 0.2) is 0 Å². The molecule has 1 saturated heterocycles. The fourth-order valence-corrected chi connectivity index (χ4v) is 4.23. The molecule has 112 valence electrons. The van der Waals surface area contributed by atoms with Crippen molar-refractivity contribution >= 4 is 5.97 Å². The average molecular weight is 280 g/mol. The van der Waals surface area contributed by atoms with Gasteiger partial charge in [-0.2, -0.15) is 0 Å². The maximum absolute atomic E-state index is 11.5. The van der Waals surface area contributed by atoms with E-state index in [4.69, 9.17) is 9.47 Å². The van der Waals surface area contributed by atoms with Gasteiger partial charge in [0.2, 0.25) is 0 Å². The first-order valence-corrected chi connectivity index (χ1v) is 7.60. The number of allylic oxidation sites excluding steroid dienone is 2. The molecule has 0 aromatic heterocycles. The quantitative estimate of drug-likeness (QED) is 0.635. The summed E-state index contributed by atoms with van der Waals surface area (Å²) < 4.78 is 11.1. The van der Waals surface area contributed by atoms with Crippen LogP contribution in [-0.2, 0) is 14.3 Å². The number of carbonyl (C=O) groups is 1. The van der Waals surface area contributed by atoms with Crippen molar-refractivity contribution in [2.75, 3.05) is 13.7 Å². The molecule has 2 bridgehead atoms. The number of rotatable bonds is 4. The number of carboxylic acids is 1. The molecule has 2 fully saturated rings. The molecule has 1 saturated carbocycles. The van der Waals surface area contributed by atoms with E-state index in [2.05, 4.69) is 13.0 Å². The van der Waals surface area contributed by atoms with E-state index in [0.717, 1.165) is 32.1 Å². The van der Waals surface area contributed by atoms with Gasteiger partial charge in [0.25, 0.3) is 0 Å². The topological polar surface area (TPSA) is 59.1 Å². The predicted molar refractivity (Wildman–Crippen MR) is 74.4 cm³/mol. The molecule has 0 aromatic rings. The summed E-state index contributed by atoms with van der Waals surface area (Å²) in [7, 11) is 1.57. The lowest BCUT2D eigenvalue weighted by Gasteiger charge is -2.36. The Labute approximate surface area is 120 Å². The Morgan fingerprint density at radius 1 is 1.65 bits per heavy atom. The van der Waals surface area contributed by atoms with Crippen molar-refractivity contribution in [2.24, 2.45) is 17.3 Å². The van der Waals surface area contributed by atoms with Gasteiger partial charge in [0, 0.05) is 18.4 Å². The second kappa shape index (κ2) is 5.15. The highest BCUT2D eigenvalue weighted by molar-refractivity contribution is 5.70. The number of methoxy groups -OCH3 is 1. The van der Waals surface area contributed by atoms with Gasteiger partial charge >= 0.3 is 5.97 Å². The van der Waals surface area contributed by atoms with Crippen molar-refractivity contribution in [3.05, 3.63) is 11.6 Å². The minimum absolute atomic E-state index is 0.0820. The minimum Gasteiger partial charge on any atom is -0.481 e. The van der Waals surface area contributed by atoms with Crippen molar-refractivity contribution in [1.82, 2.24) is 0 Å². The molecule has 0 aromatic carbocycles. The van der Waals surface area contributed by atoms with E-state index in [1.807, 2.05) is 0 Å². The molecule has 1 N–H and O–H groups in total. The van der Waals surface area contributed by atoms with Crippen LogP contribution >= 0.6 is 0 Å². The Morgan fingerprint density at radius 2 is 2.45 bits per heavy atom. The van der Waals surface area contributed by atoms with Crippen LogP contribution in [0, 0.1) is 17.3 Å². The third-order valence-electron chi connectivity index (χ3n) is 5.39. The van der Waals surface area contributed by atoms with Crippen LogP contribution in [0.1, 0.15) is 39.0 Å². The number of hydrogen-bond donors (Lipinski definition) is 1. The lowest BCUT2D eigenvalue weighted by Crippen LogP contribution is -2.37. The molecular weight excluding hydrogens is 256 g/mol. The summed E-state index contributed by atoms with van der Waals surface area (Å²) in [6.07, 6.45) is 8.07. The van der Waals surface area contributed by atoms with Crippen molar-refractivity contribution < 1.29 is 19.4 Å². The van der Waals surface area contributed by atoms with Crippen LogP contribution < -0.4 is 0 Å². The molecule has 4 nitrogen and oxygen atoms in total. The van der Waals surface area contributed by atoms with Gasteiger partial charge in [0.1, 0.15) is 0 Å².